The molecule has 0 amide bonds. The van der Waals surface area contributed by atoms with Gasteiger partial charge >= 0.3 is 12.3 Å². The molecule has 14 heavy (non-hydrogen) atoms. The lowest BCUT2D eigenvalue weighted by Crippen LogP contribution is -2.23. The van der Waals surface area contributed by atoms with Gasteiger partial charge in [-0.05, 0) is 30.7 Å². The van der Waals surface area contributed by atoms with Gasteiger partial charge in [-0.3, -0.25) is 0 Å². The van der Waals surface area contributed by atoms with E-state index in [0.29, 0.717) is 6.07 Å². The molecule has 0 saturated heterocycles. The van der Waals surface area contributed by atoms with Gasteiger partial charge in [-0.2, -0.15) is 8.78 Å². The molecule has 0 radical (unpaired) electrons. The van der Waals surface area contributed by atoms with Gasteiger partial charge in [0.15, 0.2) is 0 Å². The van der Waals surface area contributed by atoms with Crippen molar-refractivity contribution in [2.75, 3.05) is 0 Å². The van der Waals surface area contributed by atoms with Crippen LogP contribution in [0.5, 0.6) is 0 Å². The molecular formula is C9H7F5. The molecule has 0 unspecified atom stereocenters. The average molecular weight is 210 g/mol. The molecule has 5 heteroatoms. The van der Waals surface area contributed by atoms with E-state index >= 15 is 0 Å². The van der Waals surface area contributed by atoms with Gasteiger partial charge in [0, 0.05) is 5.56 Å². The molecule has 0 aliphatic rings. The second-order valence-electron chi connectivity index (χ2n) is 2.94. The maximum atomic E-state index is 12.7. The molecular weight excluding hydrogens is 203 g/mol. The van der Waals surface area contributed by atoms with Crippen molar-refractivity contribution in [3.8, 4) is 0 Å². The van der Waals surface area contributed by atoms with Crippen molar-refractivity contribution in [3.63, 3.8) is 0 Å². The number of rotatable bonds is 2. The van der Waals surface area contributed by atoms with E-state index in [1.54, 1.807) is 0 Å². The second kappa shape index (κ2) is 3.55. The lowest BCUT2D eigenvalue weighted by molar-refractivity contribution is -0.135. The summed E-state index contributed by atoms with van der Waals surface area (Å²) in [7, 11) is 0. The molecule has 1 aromatic carbocycles. The fraction of sp³-hybridized carbons (Fsp3) is 0.333. The largest absolute Gasteiger partial charge is 0.332 e. The Bertz CT molecular complexity index is 312. The highest BCUT2D eigenvalue weighted by molar-refractivity contribution is 5.27. The third-order valence-electron chi connectivity index (χ3n) is 1.70. The SMILES string of the molecule is Cc1cc(F)cc(C(F)(F)C(F)F)c1. The van der Waals surface area contributed by atoms with Crippen LogP contribution < -0.4 is 0 Å². The van der Waals surface area contributed by atoms with Crippen LogP contribution in [0, 0.1) is 12.7 Å². The Morgan fingerprint density at radius 1 is 1.14 bits per heavy atom. The van der Waals surface area contributed by atoms with Crippen LogP contribution in [0.15, 0.2) is 18.2 Å². The molecule has 0 N–H and O–H groups in total. The van der Waals surface area contributed by atoms with Gasteiger partial charge in [-0.25, -0.2) is 13.2 Å². The fourth-order valence-corrected chi connectivity index (χ4v) is 1.05. The molecule has 0 spiro atoms. The molecule has 1 rings (SSSR count). The topological polar surface area (TPSA) is 0 Å². The van der Waals surface area contributed by atoms with Crippen LogP contribution in [-0.4, -0.2) is 6.43 Å². The summed E-state index contributed by atoms with van der Waals surface area (Å²) in [5.41, 5.74) is -0.815. The molecule has 0 heterocycles. The number of hydrogen-bond donors (Lipinski definition) is 0. The van der Waals surface area contributed by atoms with Gasteiger partial charge in [0.2, 0.25) is 0 Å². The Hall–Kier alpha value is -1.13. The molecule has 0 aromatic heterocycles. The van der Waals surface area contributed by atoms with E-state index in [1.165, 1.54) is 6.92 Å². The van der Waals surface area contributed by atoms with Crippen LogP contribution >= 0.6 is 0 Å². The quantitative estimate of drug-likeness (QED) is 0.655. The normalized spacial score (nSPS) is 12.2. The molecule has 1 aromatic rings. The van der Waals surface area contributed by atoms with Crippen molar-refractivity contribution in [1.29, 1.82) is 0 Å². The first-order chi connectivity index (χ1) is 6.34. The van der Waals surface area contributed by atoms with Crippen molar-refractivity contribution >= 4 is 0 Å². The summed E-state index contributed by atoms with van der Waals surface area (Å²) in [6, 6.07) is 2.25. The van der Waals surface area contributed by atoms with Crippen LogP contribution in [-0.2, 0) is 5.92 Å². The molecule has 0 aliphatic carbocycles. The molecule has 0 saturated carbocycles. The fourth-order valence-electron chi connectivity index (χ4n) is 1.05. The van der Waals surface area contributed by atoms with E-state index in [1.807, 2.05) is 0 Å². The van der Waals surface area contributed by atoms with E-state index < -0.39 is 23.7 Å². The van der Waals surface area contributed by atoms with Crippen molar-refractivity contribution in [2.24, 2.45) is 0 Å². The van der Waals surface area contributed by atoms with Crippen LogP contribution in [0.1, 0.15) is 11.1 Å². The minimum absolute atomic E-state index is 0.181. The highest BCUT2D eigenvalue weighted by Gasteiger charge is 2.42. The maximum Gasteiger partial charge on any atom is 0.332 e. The Morgan fingerprint density at radius 3 is 2.14 bits per heavy atom. The third kappa shape index (κ3) is 2.02. The number of hydrogen-bond acceptors (Lipinski definition) is 0. The Morgan fingerprint density at radius 2 is 1.71 bits per heavy atom. The van der Waals surface area contributed by atoms with Gasteiger partial charge in [-0.1, -0.05) is 0 Å². The van der Waals surface area contributed by atoms with Crippen molar-refractivity contribution in [1.82, 2.24) is 0 Å². The van der Waals surface area contributed by atoms with E-state index in [2.05, 4.69) is 0 Å². The highest BCUT2D eigenvalue weighted by Crippen LogP contribution is 2.35. The van der Waals surface area contributed by atoms with Crippen LogP contribution in [0.4, 0.5) is 22.0 Å². The second-order valence-corrected chi connectivity index (χ2v) is 2.94. The zero-order valence-corrected chi connectivity index (χ0v) is 7.20. The first-order valence-corrected chi connectivity index (χ1v) is 3.77. The van der Waals surface area contributed by atoms with Gasteiger partial charge in [0.1, 0.15) is 5.82 Å². The van der Waals surface area contributed by atoms with Crippen molar-refractivity contribution < 1.29 is 22.0 Å². The zero-order valence-electron chi connectivity index (χ0n) is 7.20. The monoisotopic (exact) mass is 210 g/mol. The standard InChI is InChI=1S/C9H7F5/c1-5-2-6(4-7(10)3-5)9(13,14)8(11)12/h2-4,8H,1H3. The van der Waals surface area contributed by atoms with E-state index in [-0.39, 0.29) is 5.56 Å². The van der Waals surface area contributed by atoms with Gasteiger partial charge in [0.25, 0.3) is 0 Å². The molecule has 0 fully saturated rings. The molecule has 0 nitrogen and oxygen atoms in total. The van der Waals surface area contributed by atoms with Crippen LogP contribution in [0.3, 0.4) is 0 Å². The average Bonchev–Trinajstić information content (AvgIpc) is 2.01. The summed E-state index contributed by atoms with van der Waals surface area (Å²) in [5, 5.41) is 0. The minimum atomic E-state index is -4.30. The number of benzene rings is 1. The van der Waals surface area contributed by atoms with Crippen molar-refractivity contribution in [3.05, 3.63) is 35.1 Å². The van der Waals surface area contributed by atoms with E-state index in [4.69, 9.17) is 0 Å². The Labute approximate surface area is 77.4 Å². The first kappa shape index (κ1) is 10.9. The summed E-state index contributed by atoms with van der Waals surface area (Å²) in [5.74, 6) is -5.24. The lowest BCUT2D eigenvalue weighted by Gasteiger charge is -2.15. The summed E-state index contributed by atoms with van der Waals surface area (Å²) in [4.78, 5) is 0. The van der Waals surface area contributed by atoms with Gasteiger partial charge in [0.05, 0.1) is 0 Å². The predicted octanol–water partition coefficient (Wildman–Crippen LogP) is 3.49. The van der Waals surface area contributed by atoms with E-state index in [0.717, 1.165) is 12.1 Å². The first-order valence-electron chi connectivity index (χ1n) is 3.77. The Kier molecular flexibility index (Phi) is 2.78. The number of aryl methyl sites for hydroxylation is 1. The van der Waals surface area contributed by atoms with Crippen LogP contribution in [0.2, 0.25) is 0 Å². The maximum absolute atomic E-state index is 12.7. The highest BCUT2D eigenvalue weighted by atomic mass is 19.3. The van der Waals surface area contributed by atoms with Gasteiger partial charge in [-0.15, -0.1) is 0 Å². The van der Waals surface area contributed by atoms with Crippen molar-refractivity contribution in [2.45, 2.75) is 19.3 Å². The van der Waals surface area contributed by atoms with Crippen LogP contribution in [0.25, 0.3) is 0 Å². The smallest absolute Gasteiger partial charge is 0.207 e. The number of alkyl halides is 4. The summed E-state index contributed by atoms with van der Waals surface area (Å²) < 4.78 is 61.9. The molecule has 0 aliphatic heterocycles. The lowest BCUT2D eigenvalue weighted by atomic mass is 10.1. The third-order valence-corrected chi connectivity index (χ3v) is 1.70. The van der Waals surface area contributed by atoms with E-state index in [9.17, 15) is 22.0 Å². The summed E-state index contributed by atoms with van der Waals surface area (Å²) >= 11 is 0. The summed E-state index contributed by atoms with van der Waals surface area (Å²) in [6.45, 7) is 1.36. The minimum Gasteiger partial charge on any atom is -0.207 e. The summed E-state index contributed by atoms with van der Waals surface area (Å²) in [6.07, 6.45) is -3.83. The molecule has 78 valence electrons. The number of halogens is 5. The predicted molar refractivity (Wildman–Crippen MR) is 41.0 cm³/mol. The molecule has 0 atom stereocenters. The van der Waals surface area contributed by atoms with Gasteiger partial charge < -0.3 is 0 Å². The molecule has 0 bridgehead atoms. The Balaban J connectivity index is 3.18. The zero-order chi connectivity index (χ0) is 10.9.